The summed E-state index contributed by atoms with van der Waals surface area (Å²) in [7, 11) is -3.99. The maximum absolute atomic E-state index is 13.0. The number of benzene rings is 2. The number of carbonyl (C=O) groups is 2. The standard InChI is InChI=1S/C22H24FN3O7S/c1-14-3-8-19(26(29)30)13-20(14)34(31,32)25-11-9-16(10-12-25)22(28)33-15(2)21(27)24-18-6-4-17(23)5-7-18/h3-8,13,15-16H,9-12H2,1-2H3,(H,24,27). The number of esters is 1. The van der Waals surface area contributed by atoms with Crippen molar-refractivity contribution >= 4 is 33.3 Å². The predicted molar refractivity (Wildman–Crippen MR) is 120 cm³/mol. The summed E-state index contributed by atoms with van der Waals surface area (Å²) in [5, 5.41) is 13.6. The molecule has 0 bridgehead atoms. The molecule has 1 saturated heterocycles. The van der Waals surface area contributed by atoms with Gasteiger partial charge in [-0.25, -0.2) is 12.8 Å². The average Bonchev–Trinajstić information content (AvgIpc) is 2.80. The van der Waals surface area contributed by atoms with E-state index >= 15 is 0 Å². The molecule has 1 amide bonds. The molecule has 2 aromatic carbocycles. The van der Waals surface area contributed by atoms with Gasteiger partial charge in [0, 0.05) is 30.9 Å². The summed E-state index contributed by atoms with van der Waals surface area (Å²) < 4.78 is 45.5. The lowest BCUT2D eigenvalue weighted by Crippen LogP contribution is -2.42. The second-order valence-electron chi connectivity index (χ2n) is 7.96. The van der Waals surface area contributed by atoms with Gasteiger partial charge in [-0.15, -0.1) is 0 Å². The van der Waals surface area contributed by atoms with Crippen LogP contribution in [0.1, 0.15) is 25.3 Å². The van der Waals surface area contributed by atoms with E-state index in [0.29, 0.717) is 11.3 Å². The molecule has 0 aromatic heterocycles. The second-order valence-corrected chi connectivity index (χ2v) is 9.87. The van der Waals surface area contributed by atoms with Gasteiger partial charge in [-0.3, -0.25) is 19.7 Å². The highest BCUT2D eigenvalue weighted by Crippen LogP contribution is 2.29. The van der Waals surface area contributed by atoms with Gasteiger partial charge >= 0.3 is 5.97 Å². The molecule has 0 spiro atoms. The number of halogens is 1. The van der Waals surface area contributed by atoms with Crippen LogP contribution in [0.2, 0.25) is 0 Å². The van der Waals surface area contributed by atoms with E-state index in [4.69, 9.17) is 4.74 Å². The summed E-state index contributed by atoms with van der Waals surface area (Å²) in [6.07, 6.45) is -0.747. The number of anilines is 1. The molecule has 3 rings (SSSR count). The number of nitro groups is 1. The number of carbonyl (C=O) groups excluding carboxylic acids is 2. The molecule has 1 atom stereocenters. The number of piperidine rings is 1. The number of rotatable bonds is 7. The molecule has 1 unspecified atom stereocenters. The Morgan fingerprint density at radius 2 is 1.79 bits per heavy atom. The highest BCUT2D eigenvalue weighted by molar-refractivity contribution is 7.89. The first-order chi connectivity index (χ1) is 16.0. The van der Waals surface area contributed by atoms with E-state index in [1.54, 1.807) is 6.92 Å². The van der Waals surface area contributed by atoms with E-state index in [9.17, 15) is 32.5 Å². The topological polar surface area (TPSA) is 136 Å². The minimum absolute atomic E-state index is 0.0282. The number of amides is 1. The first-order valence-corrected chi connectivity index (χ1v) is 11.9. The quantitative estimate of drug-likeness (QED) is 0.356. The predicted octanol–water partition coefficient (Wildman–Crippen LogP) is 3.01. The zero-order valence-electron chi connectivity index (χ0n) is 18.6. The van der Waals surface area contributed by atoms with Gasteiger partial charge in [0.15, 0.2) is 6.10 Å². The van der Waals surface area contributed by atoms with Crippen LogP contribution in [0.25, 0.3) is 0 Å². The Bertz CT molecular complexity index is 1190. The van der Waals surface area contributed by atoms with Gasteiger partial charge < -0.3 is 10.1 Å². The zero-order valence-corrected chi connectivity index (χ0v) is 19.4. The van der Waals surface area contributed by atoms with Gasteiger partial charge in [0.2, 0.25) is 10.0 Å². The van der Waals surface area contributed by atoms with Crippen molar-refractivity contribution in [2.24, 2.45) is 5.92 Å². The van der Waals surface area contributed by atoms with Crippen molar-refractivity contribution in [3.05, 3.63) is 64.0 Å². The molecule has 1 aliphatic heterocycles. The van der Waals surface area contributed by atoms with Crippen molar-refractivity contribution in [1.29, 1.82) is 0 Å². The van der Waals surface area contributed by atoms with E-state index in [-0.39, 0.29) is 36.5 Å². The average molecular weight is 494 g/mol. The van der Waals surface area contributed by atoms with Crippen LogP contribution in [0, 0.1) is 28.8 Å². The Hall–Kier alpha value is -3.38. The van der Waals surface area contributed by atoms with Crippen molar-refractivity contribution in [3.63, 3.8) is 0 Å². The SMILES string of the molecule is Cc1ccc([N+](=O)[O-])cc1S(=O)(=O)N1CCC(C(=O)OC(C)C(=O)Nc2ccc(F)cc2)CC1. The number of aryl methyl sites for hydroxylation is 1. The van der Waals surface area contributed by atoms with Crippen molar-refractivity contribution < 1.29 is 32.1 Å². The Morgan fingerprint density at radius 3 is 2.38 bits per heavy atom. The Labute approximate surface area is 195 Å². The number of non-ortho nitro benzene ring substituents is 1. The van der Waals surface area contributed by atoms with Gasteiger partial charge in [0.05, 0.1) is 15.7 Å². The van der Waals surface area contributed by atoms with Gasteiger partial charge in [-0.2, -0.15) is 4.31 Å². The summed E-state index contributed by atoms with van der Waals surface area (Å²) in [5.41, 5.74) is 0.410. The molecule has 182 valence electrons. The van der Waals surface area contributed by atoms with Crippen molar-refractivity contribution in [2.45, 2.75) is 37.7 Å². The molecular weight excluding hydrogens is 469 g/mol. The van der Waals surface area contributed by atoms with Gasteiger partial charge in [-0.1, -0.05) is 6.07 Å². The van der Waals surface area contributed by atoms with E-state index in [1.807, 2.05) is 0 Å². The molecule has 1 aliphatic rings. The lowest BCUT2D eigenvalue weighted by molar-refractivity contribution is -0.385. The Balaban J connectivity index is 1.58. The van der Waals surface area contributed by atoms with Crippen LogP contribution in [-0.4, -0.2) is 48.7 Å². The number of hydrogen-bond acceptors (Lipinski definition) is 7. The number of sulfonamides is 1. The fourth-order valence-electron chi connectivity index (χ4n) is 3.55. The summed E-state index contributed by atoms with van der Waals surface area (Å²) >= 11 is 0. The molecule has 1 fully saturated rings. The van der Waals surface area contributed by atoms with E-state index in [0.717, 1.165) is 6.07 Å². The fourth-order valence-corrected chi connectivity index (χ4v) is 5.27. The first-order valence-electron chi connectivity index (χ1n) is 10.5. The molecule has 34 heavy (non-hydrogen) atoms. The summed E-state index contributed by atoms with van der Waals surface area (Å²) in [6.45, 7) is 3.02. The normalized spacial score (nSPS) is 16.0. The number of hydrogen-bond donors (Lipinski definition) is 1. The van der Waals surface area contributed by atoms with E-state index < -0.39 is 44.7 Å². The van der Waals surface area contributed by atoms with E-state index in [1.165, 1.54) is 47.6 Å². The van der Waals surface area contributed by atoms with Gasteiger partial charge in [0.25, 0.3) is 11.6 Å². The third-order valence-corrected chi connectivity index (χ3v) is 7.60. The summed E-state index contributed by atoms with van der Waals surface area (Å²) in [6, 6.07) is 8.78. The van der Waals surface area contributed by atoms with Crippen molar-refractivity contribution in [2.75, 3.05) is 18.4 Å². The smallest absolute Gasteiger partial charge is 0.309 e. The molecule has 2 aromatic rings. The third kappa shape index (κ3) is 5.75. The molecule has 1 N–H and O–H groups in total. The van der Waals surface area contributed by atoms with Crippen LogP contribution in [0.3, 0.4) is 0 Å². The largest absolute Gasteiger partial charge is 0.452 e. The van der Waals surface area contributed by atoms with E-state index in [2.05, 4.69) is 5.32 Å². The molecule has 0 saturated carbocycles. The monoisotopic (exact) mass is 493 g/mol. The highest BCUT2D eigenvalue weighted by Gasteiger charge is 2.35. The van der Waals surface area contributed by atoms with Crippen LogP contribution in [0.15, 0.2) is 47.4 Å². The second kappa shape index (κ2) is 10.3. The molecule has 0 aliphatic carbocycles. The van der Waals surface area contributed by atoms with Crippen LogP contribution in [0.4, 0.5) is 15.8 Å². The summed E-state index contributed by atoms with van der Waals surface area (Å²) in [4.78, 5) is 35.0. The number of ether oxygens (including phenoxy) is 1. The lowest BCUT2D eigenvalue weighted by Gasteiger charge is -2.30. The zero-order chi connectivity index (χ0) is 25.0. The Kier molecular flexibility index (Phi) is 7.62. The summed E-state index contributed by atoms with van der Waals surface area (Å²) in [5.74, 6) is -2.25. The number of nitro benzene ring substituents is 1. The van der Waals surface area contributed by atoms with Crippen molar-refractivity contribution in [3.8, 4) is 0 Å². The fraction of sp³-hybridized carbons (Fsp3) is 0.364. The van der Waals surface area contributed by atoms with Crippen LogP contribution in [-0.2, 0) is 24.3 Å². The van der Waals surface area contributed by atoms with Crippen LogP contribution >= 0.6 is 0 Å². The molecule has 0 radical (unpaired) electrons. The lowest BCUT2D eigenvalue weighted by atomic mass is 9.98. The first kappa shape index (κ1) is 25.2. The molecule has 12 heteroatoms. The number of nitrogens with one attached hydrogen (secondary N) is 1. The minimum atomic E-state index is -3.99. The molecule has 1 heterocycles. The van der Waals surface area contributed by atoms with Gasteiger partial charge in [-0.05, 0) is 56.5 Å². The number of nitrogens with zero attached hydrogens (tertiary/aromatic N) is 2. The van der Waals surface area contributed by atoms with Gasteiger partial charge in [0.1, 0.15) is 5.82 Å². The van der Waals surface area contributed by atoms with Crippen LogP contribution in [0.5, 0.6) is 0 Å². The maximum Gasteiger partial charge on any atom is 0.309 e. The molecular formula is C22H24FN3O7S. The Morgan fingerprint density at radius 1 is 1.18 bits per heavy atom. The van der Waals surface area contributed by atoms with Crippen molar-refractivity contribution in [1.82, 2.24) is 4.31 Å². The molecule has 10 nitrogen and oxygen atoms in total. The minimum Gasteiger partial charge on any atom is -0.452 e. The highest BCUT2D eigenvalue weighted by atomic mass is 32.2. The maximum atomic E-state index is 13.0. The third-order valence-electron chi connectivity index (χ3n) is 5.56. The van der Waals surface area contributed by atoms with Crippen LogP contribution < -0.4 is 5.32 Å².